The van der Waals surface area contributed by atoms with Crippen LogP contribution < -0.4 is 0 Å². The number of allylic oxidation sites excluding steroid dienone is 1. The molecule has 4 rings (SSSR count). The summed E-state index contributed by atoms with van der Waals surface area (Å²) in [6.45, 7) is 3.06. The van der Waals surface area contributed by atoms with E-state index in [1.165, 1.54) is 0 Å². The topological polar surface area (TPSA) is 129 Å². The Morgan fingerprint density at radius 3 is 2.48 bits per heavy atom. The number of Topliss-reactive ketones (excluding diaryl/α,β-unsaturated/α-hetero) is 2. The van der Waals surface area contributed by atoms with E-state index in [9.17, 15) is 24.6 Å². The van der Waals surface area contributed by atoms with Crippen LogP contribution in [0.1, 0.15) is 58.8 Å². The summed E-state index contributed by atoms with van der Waals surface area (Å²) < 4.78 is 0. The molecule has 7 nitrogen and oxygen atoms in total. The van der Waals surface area contributed by atoms with Crippen molar-refractivity contribution in [2.75, 3.05) is 6.61 Å². The molecule has 3 N–H and O–H groups in total. The quantitative estimate of drug-likeness (QED) is 0.595. The Kier molecular flexibility index (Phi) is 5.60. The fraction of sp³-hybridized carbons (Fsp3) is 0.727. The largest absolute Gasteiger partial charge is 0.483 e. The van der Waals surface area contributed by atoms with E-state index < -0.39 is 23.4 Å². The first kappa shape index (κ1) is 21.8. The molecule has 0 spiro atoms. The summed E-state index contributed by atoms with van der Waals surface area (Å²) in [6, 6.07) is 0. The molecule has 0 unspecified atom stereocenters. The smallest absolute Gasteiger partial charge is 0.290 e. The number of carboxylic acid groups (broad SMARTS) is 1. The van der Waals surface area contributed by atoms with Gasteiger partial charge in [0.05, 0.1) is 0 Å². The highest BCUT2D eigenvalue weighted by atomic mass is 16.3. The summed E-state index contributed by atoms with van der Waals surface area (Å²) in [4.78, 5) is 45.9. The number of hydrogen-bond donors (Lipinski definition) is 3. The molecule has 6 atom stereocenters. The van der Waals surface area contributed by atoms with Gasteiger partial charge in [0.15, 0.2) is 11.6 Å². The number of carbonyl (C=O) groups excluding carboxylic acids is 3. The summed E-state index contributed by atoms with van der Waals surface area (Å²) in [5.74, 6) is -0.172. The average Bonchev–Trinajstić information content (AvgIpc) is 2.93. The zero-order valence-corrected chi connectivity index (χ0v) is 17.0. The van der Waals surface area contributed by atoms with Gasteiger partial charge in [-0.05, 0) is 55.4 Å². The van der Waals surface area contributed by atoms with Crippen molar-refractivity contribution >= 4 is 23.8 Å². The Balaban J connectivity index is 0.000000755. The molecule has 160 valence electrons. The molecule has 7 heteroatoms. The van der Waals surface area contributed by atoms with Crippen LogP contribution >= 0.6 is 0 Å². The molecule has 0 aromatic rings. The van der Waals surface area contributed by atoms with Crippen LogP contribution in [-0.2, 0) is 19.2 Å². The predicted molar refractivity (Wildman–Crippen MR) is 103 cm³/mol. The van der Waals surface area contributed by atoms with Gasteiger partial charge in [0.2, 0.25) is 0 Å². The van der Waals surface area contributed by atoms with Crippen LogP contribution in [0.2, 0.25) is 0 Å². The lowest BCUT2D eigenvalue weighted by Crippen LogP contribution is -2.60. The van der Waals surface area contributed by atoms with Crippen LogP contribution in [0, 0.1) is 28.6 Å². The van der Waals surface area contributed by atoms with Crippen LogP contribution in [-0.4, -0.2) is 51.3 Å². The van der Waals surface area contributed by atoms with E-state index in [0.29, 0.717) is 25.7 Å². The van der Waals surface area contributed by atoms with Crippen molar-refractivity contribution in [3.8, 4) is 0 Å². The van der Waals surface area contributed by atoms with Gasteiger partial charge in [-0.25, -0.2) is 0 Å². The monoisotopic (exact) mass is 406 g/mol. The molecule has 0 bridgehead atoms. The van der Waals surface area contributed by atoms with Crippen LogP contribution in [0.5, 0.6) is 0 Å². The van der Waals surface area contributed by atoms with Gasteiger partial charge in [0.25, 0.3) is 6.47 Å². The van der Waals surface area contributed by atoms with Gasteiger partial charge in [-0.1, -0.05) is 19.4 Å². The van der Waals surface area contributed by atoms with E-state index in [1.54, 1.807) is 6.08 Å². The molecule has 4 aliphatic rings. The molecule has 29 heavy (non-hydrogen) atoms. The molecule has 0 radical (unpaired) electrons. The Hall–Kier alpha value is -1.86. The van der Waals surface area contributed by atoms with Crippen molar-refractivity contribution in [3.05, 3.63) is 11.6 Å². The minimum absolute atomic E-state index is 0.0988. The van der Waals surface area contributed by atoms with Crippen LogP contribution in [0.15, 0.2) is 11.6 Å². The zero-order valence-electron chi connectivity index (χ0n) is 17.0. The Morgan fingerprint density at radius 2 is 1.86 bits per heavy atom. The van der Waals surface area contributed by atoms with Gasteiger partial charge in [0.1, 0.15) is 18.0 Å². The molecule has 4 aliphatic carbocycles. The SMILES string of the molecule is C[C@]12CCC(=O)C=C1CC[C@@H]1[C@@H]2C(=O)C[C@@]2(C)[C@H]1CC[C@]2(O)C(=O)CO.O=CO. The lowest BCUT2D eigenvalue weighted by atomic mass is 9.46. The number of aliphatic hydroxyl groups excluding tert-OH is 1. The molecule has 3 saturated carbocycles. The van der Waals surface area contributed by atoms with E-state index >= 15 is 0 Å². The van der Waals surface area contributed by atoms with Crippen LogP contribution in [0.3, 0.4) is 0 Å². The first-order chi connectivity index (χ1) is 13.6. The number of rotatable bonds is 2. The zero-order chi connectivity index (χ0) is 21.6. The highest BCUT2D eigenvalue weighted by molar-refractivity contribution is 5.94. The number of aliphatic hydroxyl groups is 2. The number of fused-ring (bicyclic) bond motifs is 5. The average molecular weight is 406 g/mol. The summed E-state index contributed by atoms with van der Waals surface area (Å²) in [5, 5.41) is 27.4. The van der Waals surface area contributed by atoms with Crippen molar-refractivity contribution in [3.63, 3.8) is 0 Å². The van der Waals surface area contributed by atoms with Crippen LogP contribution in [0.4, 0.5) is 0 Å². The molecular formula is C22H30O7. The van der Waals surface area contributed by atoms with Crippen molar-refractivity contribution in [2.24, 2.45) is 28.6 Å². The third-order valence-electron chi connectivity index (χ3n) is 8.41. The van der Waals surface area contributed by atoms with E-state index in [0.717, 1.165) is 18.4 Å². The summed E-state index contributed by atoms with van der Waals surface area (Å²) in [7, 11) is 0. The lowest BCUT2D eigenvalue weighted by molar-refractivity contribution is -0.170. The van der Waals surface area contributed by atoms with Crippen molar-refractivity contribution < 1.29 is 34.5 Å². The van der Waals surface area contributed by atoms with Gasteiger partial charge >= 0.3 is 0 Å². The molecule has 3 fully saturated rings. The van der Waals surface area contributed by atoms with Crippen molar-refractivity contribution in [2.45, 2.75) is 64.4 Å². The maximum atomic E-state index is 13.3. The Bertz CT molecular complexity index is 771. The van der Waals surface area contributed by atoms with Gasteiger partial charge < -0.3 is 15.3 Å². The molecule has 0 saturated heterocycles. The normalized spacial score (nSPS) is 43.2. The Morgan fingerprint density at radius 1 is 1.21 bits per heavy atom. The van der Waals surface area contributed by atoms with E-state index in [1.807, 2.05) is 6.92 Å². The lowest BCUT2D eigenvalue weighted by Gasteiger charge is -2.57. The highest BCUT2D eigenvalue weighted by Crippen LogP contribution is 2.66. The van der Waals surface area contributed by atoms with Gasteiger partial charge in [-0.3, -0.25) is 19.2 Å². The second-order valence-electron chi connectivity index (χ2n) is 9.49. The van der Waals surface area contributed by atoms with Crippen molar-refractivity contribution in [1.29, 1.82) is 0 Å². The second kappa shape index (κ2) is 7.43. The minimum atomic E-state index is -1.60. The molecule has 0 heterocycles. The molecule has 0 aliphatic heterocycles. The molecular weight excluding hydrogens is 376 g/mol. The maximum absolute atomic E-state index is 13.3. The summed E-state index contributed by atoms with van der Waals surface area (Å²) in [5.41, 5.74) is -1.55. The van der Waals surface area contributed by atoms with Gasteiger partial charge in [-0.2, -0.15) is 0 Å². The van der Waals surface area contributed by atoms with E-state index in [2.05, 4.69) is 6.92 Å². The standard InChI is InChI=1S/C21H28O5.CH2O2/c1-19-7-5-13(23)9-12(19)3-4-14-15-6-8-21(26,17(25)11-22)20(15,2)10-16(24)18(14)19;2-1-3/h9,14-15,18,22,26H,3-8,10-11H2,1-2H3;1H,(H,2,3)/t14-,15-,18+,19-,20-,21-;/m0./s1. The molecule has 0 aromatic carbocycles. The number of carbonyl (C=O) groups is 4. The summed E-state index contributed by atoms with van der Waals surface area (Å²) >= 11 is 0. The third kappa shape index (κ3) is 3.01. The Labute approximate surface area is 170 Å². The number of ketones is 3. The van der Waals surface area contributed by atoms with Gasteiger partial charge in [0, 0.05) is 24.2 Å². The van der Waals surface area contributed by atoms with E-state index in [-0.39, 0.29) is 47.6 Å². The fourth-order valence-corrected chi connectivity index (χ4v) is 6.98. The van der Waals surface area contributed by atoms with Gasteiger partial charge in [-0.15, -0.1) is 0 Å². The maximum Gasteiger partial charge on any atom is 0.290 e. The second-order valence-corrected chi connectivity index (χ2v) is 9.49. The minimum Gasteiger partial charge on any atom is -0.483 e. The number of hydrogen-bond acceptors (Lipinski definition) is 6. The predicted octanol–water partition coefficient (Wildman–Crippen LogP) is 1.69. The fourth-order valence-electron chi connectivity index (χ4n) is 6.98. The molecule has 0 amide bonds. The van der Waals surface area contributed by atoms with Crippen molar-refractivity contribution in [1.82, 2.24) is 0 Å². The van der Waals surface area contributed by atoms with Crippen LogP contribution in [0.25, 0.3) is 0 Å². The highest BCUT2D eigenvalue weighted by Gasteiger charge is 2.68. The summed E-state index contributed by atoms with van der Waals surface area (Å²) in [6.07, 6.45) is 5.83. The first-order valence-electron chi connectivity index (χ1n) is 10.3. The van der Waals surface area contributed by atoms with E-state index in [4.69, 9.17) is 9.90 Å². The third-order valence-corrected chi connectivity index (χ3v) is 8.41. The first-order valence-corrected chi connectivity index (χ1v) is 10.3. The molecule has 0 aromatic heterocycles.